The number of aromatic nitrogens is 2. The number of methoxy groups -OCH3 is 1. The first kappa shape index (κ1) is 18.5. The lowest BCUT2D eigenvalue weighted by Gasteiger charge is -2.04. The number of nitrogens with zero attached hydrogens (tertiary/aromatic N) is 3. The molecule has 0 N–H and O–H groups in total. The zero-order valence-corrected chi connectivity index (χ0v) is 17.0. The zero-order chi connectivity index (χ0) is 19.7. The van der Waals surface area contributed by atoms with Crippen molar-refractivity contribution >= 4 is 40.3 Å². The lowest BCUT2D eigenvalue weighted by Crippen LogP contribution is -2.22. The van der Waals surface area contributed by atoms with E-state index in [9.17, 15) is 4.79 Å². The number of amides is 1. The maximum Gasteiger partial charge on any atom is 0.265 e. The Bertz CT molecular complexity index is 1090. The number of rotatable bonds is 4. The van der Waals surface area contributed by atoms with E-state index in [2.05, 4.69) is 0 Å². The zero-order valence-electron chi connectivity index (χ0n) is 15.3. The third-order valence-corrected chi connectivity index (χ3v) is 5.86. The van der Waals surface area contributed by atoms with Gasteiger partial charge < -0.3 is 4.74 Å². The molecule has 0 bridgehead atoms. The monoisotopic (exact) mass is 407 g/mol. The first-order valence-electron chi connectivity index (χ1n) is 8.58. The molecular weight excluding hydrogens is 390 g/mol. The molecule has 7 heteroatoms. The molecule has 3 aromatic rings. The highest BCUT2D eigenvalue weighted by molar-refractivity contribution is 8.26. The third kappa shape index (κ3) is 3.46. The Balaban J connectivity index is 1.85. The lowest BCUT2D eigenvalue weighted by atomic mass is 10.1. The molecule has 28 heavy (non-hydrogen) atoms. The van der Waals surface area contributed by atoms with E-state index in [1.54, 1.807) is 14.2 Å². The topological polar surface area (TPSA) is 47.4 Å². The van der Waals surface area contributed by atoms with Crippen LogP contribution in [0, 0.1) is 0 Å². The van der Waals surface area contributed by atoms with Crippen LogP contribution < -0.4 is 4.74 Å². The quantitative estimate of drug-likeness (QED) is 0.475. The molecule has 0 spiro atoms. The number of ether oxygens (including phenoxy) is 1. The number of benzene rings is 2. The Labute approximate surface area is 172 Å². The van der Waals surface area contributed by atoms with Crippen LogP contribution in [0.15, 0.2) is 65.7 Å². The molecule has 140 valence electrons. The summed E-state index contributed by atoms with van der Waals surface area (Å²) in [4.78, 5) is 14.5. The minimum atomic E-state index is -0.0981. The van der Waals surface area contributed by atoms with Gasteiger partial charge in [-0.3, -0.25) is 9.69 Å². The minimum Gasteiger partial charge on any atom is -0.497 e. The van der Waals surface area contributed by atoms with Gasteiger partial charge in [-0.15, -0.1) is 0 Å². The highest BCUT2D eigenvalue weighted by Crippen LogP contribution is 2.34. The summed E-state index contributed by atoms with van der Waals surface area (Å²) < 4.78 is 7.72. The van der Waals surface area contributed by atoms with Gasteiger partial charge in [-0.05, 0) is 30.3 Å². The smallest absolute Gasteiger partial charge is 0.265 e. The van der Waals surface area contributed by atoms with E-state index in [0.717, 1.165) is 28.3 Å². The molecule has 2 heterocycles. The van der Waals surface area contributed by atoms with Crippen molar-refractivity contribution in [2.75, 3.05) is 14.2 Å². The fourth-order valence-electron chi connectivity index (χ4n) is 2.89. The first-order chi connectivity index (χ1) is 13.6. The molecule has 0 atom stereocenters. The number of thiocarbonyl (C=S) groups is 1. The SMILES string of the molecule is COc1cccc(-c2nn(-c3ccccc3)cc2/C=C2\SC(=S)N(C)C2=O)c1. The lowest BCUT2D eigenvalue weighted by molar-refractivity contribution is -0.121. The van der Waals surface area contributed by atoms with Crippen molar-refractivity contribution in [3.63, 3.8) is 0 Å². The second-order valence-electron chi connectivity index (χ2n) is 6.19. The number of para-hydroxylation sites is 1. The van der Waals surface area contributed by atoms with Crippen LogP contribution in [0.3, 0.4) is 0 Å². The predicted octanol–water partition coefficient (Wildman–Crippen LogP) is 4.38. The van der Waals surface area contributed by atoms with Crippen LogP contribution in [0.2, 0.25) is 0 Å². The number of hydrogen-bond donors (Lipinski definition) is 0. The highest BCUT2D eigenvalue weighted by Gasteiger charge is 2.29. The van der Waals surface area contributed by atoms with E-state index in [0.29, 0.717) is 9.23 Å². The highest BCUT2D eigenvalue weighted by atomic mass is 32.2. The van der Waals surface area contributed by atoms with Gasteiger partial charge in [-0.1, -0.05) is 54.3 Å². The number of carbonyl (C=O) groups is 1. The van der Waals surface area contributed by atoms with Gasteiger partial charge in [0.1, 0.15) is 15.8 Å². The molecule has 1 amide bonds. The maximum atomic E-state index is 12.4. The van der Waals surface area contributed by atoms with Crippen LogP contribution in [0.4, 0.5) is 0 Å². The van der Waals surface area contributed by atoms with Gasteiger partial charge in [-0.25, -0.2) is 4.68 Å². The standard InChI is InChI=1S/C21H17N3O2S2/c1-23-20(25)18(28-21(23)27)12-15-13-24(16-8-4-3-5-9-16)22-19(15)14-7-6-10-17(11-14)26-2/h3-13H,1-2H3/b18-12-. The molecule has 1 aromatic heterocycles. The molecule has 4 rings (SSSR count). The number of likely N-dealkylation sites (N-methyl/N-ethyl adjacent to an activating group) is 1. The van der Waals surface area contributed by atoms with Gasteiger partial charge in [0, 0.05) is 24.4 Å². The van der Waals surface area contributed by atoms with E-state index in [-0.39, 0.29) is 5.91 Å². The molecule has 1 saturated heterocycles. The Morgan fingerprint density at radius 2 is 1.93 bits per heavy atom. The second kappa shape index (κ2) is 7.61. The van der Waals surface area contributed by atoms with E-state index in [1.807, 2.05) is 71.6 Å². The summed E-state index contributed by atoms with van der Waals surface area (Å²) >= 11 is 6.54. The molecule has 0 unspecified atom stereocenters. The molecule has 1 aliphatic rings. The summed E-state index contributed by atoms with van der Waals surface area (Å²) in [6.07, 6.45) is 3.77. The average molecular weight is 408 g/mol. The Morgan fingerprint density at radius 3 is 2.61 bits per heavy atom. The second-order valence-corrected chi connectivity index (χ2v) is 7.86. The van der Waals surface area contributed by atoms with Gasteiger partial charge in [0.2, 0.25) is 0 Å². The van der Waals surface area contributed by atoms with Crippen LogP contribution >= 0.6 is 24.0 Å². The Kier molecular flexibility index (Phi) is 5.02. The van der Waals surface area contributed by atoms with Gasteiger partial charge in [0.15, 0.2) is 0 Å². The summed E-state index contributed by atoms with van der Waals surface area (Å²) in [7, 11) is 3.32. The van der Waals surface area contributed by atoms with Crippen LogP contribution in [-0.2, 0) is 4.79 Å². The molecule has 0 aliphatic carbocycles. The Morgan fingerprint density at radius 1 is 1.14 bits per heavy atom. The van der Waals surface area contributed by atoms with Gasteiger partial charge >= 0.3 is 0 Å². The van der Waals surface area contributed by atoms with Gasteiger partial charge in [0.25, 0.3) is 5.91 Å². The van der Waals surface area contributed by atoms with Crippen molar-refractivity contribution in [3.05, 3.63) is 71.3 Å². The van der Waals surface area contributed by atoms with E-state index < -0.39 is 0 Å². The van der Waals surface area contributed by atoms with Gasteiger partial charge in [-0.2, -0.15) is 5.10 Å². The number of carbonyl (C=O) groups excluding carboxylic acids is 1. The van der Waals surface area contributed by atoms with Crippen molar-refractivity contribution in [1.29, 1.82) is 0 Å². The predicted molar refractivity (Wildman–Crippen MR) is 116 cm³/mol. The van der Waals surface area contributed by atoms with Crippen LogP contribution in [0.5, 0.6) is 5.75 Å². The summed E-state index contributed by atoms with van der Waals surface area (Å²) in [6.45, 7) is 0. The fraction of sp³-hybridized carbons (Fsp3) is 0.0952. The largest absolute Gasteiger partial charge is 0.497 e. The molecule has 0 radical (unpaired) electrons. The Hall–Kier alpha value is -2.90. The van der Waals surface area contributed by atoms with Crippen LogP contribution in [0.1, 0.15) is 5.56 Å². The van der Waals surface area contributed by atoms with Crippen molar-refractivity contribution in [2.24, 2.45) is 0 Å². The van der Waals surface area contributed by atoms with E-state index >= 15 is 0 Å². The fourth-order valence-corrected chi connectivity index (χ4v) is 4.06. The van der Waals surface area contributed by atoms with E-state index in [4.69, 9.17) is 22.1 Å². The summed E-state index contributed by atoms with van der Waals surface area (Å²) in [6, 6.07) is 17.6. The van der Waals surface area contributed by atoms with E-state index in [1.165, 1.54) is 16.7 Å². The molecule has 1 aliphatic heterocycles. The summed E-state index contributed by atoms with van der Waals surface area (Å²) in [5, 5.41) is 4.78. The number of thioether (sulfide) groups is 1. The van der Waals surface area contributed by atoms with Crippen LogP contribution in [0.25, 0.3) is 23.0 Å². The number of hydrogen-bond acceptors (Lipinski definition) is 5. The summed E-state index contributed by atoms with van der Waals surface area (Å²) in [5.74, 6) is 0.650. The first-order valence-corrected chi connectivity index (χ1v) is 9.80. The third-order valence-electron chi connectivity index (χ3n) is 4.38. The normalized spacial score (nSPS) is 15.5. The molecule has 5 nitrogen and oxygen atoms in total. The molecular formula is C21H17N3O2S2. The van der Waals surface area contributed by atoms with Gasteiger partial charge in [0.05, 0.1) is 17.7 Å². The molecule has 0 saturated carbocycles. The van der Waals surface area contributed by atoms with Crippen molar-refractivity contribution < 1.29 is 9.53 Å². The molecule has 1 fully saturated rings. The minimum absolute atomic E-state index is 0.0981. The maximum absolute atomic E-state index is 12.4. The van der Waals surface area contributed by atoms with Crippen LogP contribution in [-0.4, -0.2) is 39.1 Å². The molecule has 2 aromatic carbocycles. The summed E-state index contributed by atoms with van der Waals surface area (Å²) in [5.41, 5.74) is 3.46. The van der Waals surface area contributed by atoms with Crippen molar-refractivity contribution in [3.8, 4) is 22.7 Å². The van der Waals surface area contributed by atoms with Crippen molar-refractivity contribution in [2.45, 2.75) is 0 Å². The average Bonchev–Trinajstić information content (AvgIpc) is 3.26. The van der Waals surface area contributed by atoms with Crippen molar-refractivity contribution in [1.82, 2.24) is 14.7 Å².